The van der Waals surface area contributed by atoms with Gasteiger partial charge < -0.3 is 15.7 Å². The van der Waals surface area contributed by atoms with E-state index in [4.69, 9.17) is 5.73 Å². The second kappa shape index (κ2) is 8.67. The van der Waals surface area contributed by atoms with Crippen molar-refractivity contribution in [3.8, 4) is 0 Å². The van der Waals surface area contributed by atoms with Crippen LogP contribution in [0.5, 0.6) is 0 Å². The van der Waals surface area contributed by atoms with E-state index in [2.05, 4.69) is 6.92 Å². The predicted molar refractivity (Wildman–Crippen MR) is 102 cm³/mol. The first-order chi connectivity index (χ1) is 11.9. The van der Waals surface area contributed by atoms with Gasteiger partial charge in [-0.25, -0.2) is 0 Å². The Hall–Kier alpha value is -2.33. The molecule has 0 radical (unpaired) electrons. The summed E-state index contributed by atoms with van der Waals surface area (Å²) in [5.74, 6) is 0.149. The van der Waals surface area contributed by atoms with E-state index < -0.39 is 6.10 Å². The van der Waals surface area contributed by atoms with Crippen molar-refractivity contribution in [1.82, 2.24) is 4.90 Å². The van der Waals surface area contributed by atoms with E-state index in [1.54, 1.807) is 11.9 Å². The van der Waals surface area contributed by atoms with E-state index in [1.807, 2.05) is 61.5 Å². The smallest absolute Gasteiger partial charge is 0.223 e. The maximum atomic E-state index is 12.7. The van der Waals surface area contributed by atoms with Crippen LogP contribution in [0.3, 0.4) is 0 Å². The zero-order valence-corrected chi connectivity index (χ0v) is 15.2. The molecule has 2 aromatic rings. The molecule has 0 aromatic heterocycles. The van der Waals surface area contributed by atoms with E-state index in [0.717, 1.165) is 17.5 Å². The van der Waals surface area contributed by atoms with Crippen molar-refractivity contribution in [3.05, 3.63) is 65.7 Å². The summed E-state index contributed by atoms with van der Waals surface area (Å²) in [6.45, 7) is 3.94. The van der Waals surface area contributed by atoms with Gasteiger partial charge in [-0.2, -0.15) is 0 Å². The molecular formula is C21H28N2O2. The molecule has 3 N–H and O–H groups in total. The molecule has 0 heterocycles. The lowest BCUT2D eigenvalue weighted by Gasteiger charge is -2.30. The fourth-order valence-electron chi connectivity index (χ4n) is 3.03. The molecule has 2 aromatic carbocycles. The summed E-state index contributed by atoms with van der Waals surface area (Å²) in [6.07, 6.45) is 0.559. The molecule has 0 aliphatic rings. The van der Waals surface area contributed by atoms with Gasteiger partial charge in [-0.3, -0.25) is 4.79 Å². The lowest BCUT2D eigenvalue weighted by atomic mass is 9.92. The number of benzene rings is 2. The first kappa shape index (κ1) is 19.0. The van der Waals surface area contributed by atoms with Crippen LogP contribution < -0.4 is 5.73 Å². The van der Waals surface area contributed by atoms with Gasteiger partial charge in [0.25, 0.3) is 0 Å². The first-order valence-corrected chi connectivity index (χ1v) is 8.78. The third kappa shape index (κ3) is 4.83. The fraction of sp³-hybridized carbons (Fsp3) is 0.381. The zero-order chi connectivity index (χ0) is 18.4. The highest BCUT2D eigenvalue weighted by Gasteiger charge is 2.25. The topological polar surface area (TPSA) is 66.6 Å². The van der Waals surface area contributed by atoms with Crippen LogP contribution in [0.4, 0.5) is 5.69 Å². The summed E-state index contributed by atoms with van der Waals surface area (Å²) in [7, 11) is 1.76. The van der Waals surface area contributed by atoms with Gasteiger partial charge in [-0.1, -0.05) is 49.4 Å². The summed E-state index contributed by atoms with van der Waals surface area (Å²) in [4.78, 5) is 14.4. The quantitative estimate of drug-likeness (QED) is 0.755. The molecule has 0 spiro atoms. The summed E-state index contributed by atoms with van der Waals surface area (Å²) in [5.41, 5.74) is 8.48. The minimum absolute atomic E-state index is 0.0248. The van der Waals surface area contributed by atoms with Gasteiger partial charge in [0.2, 0.25) is 5.91 Å². The molecule has 4 nitrogen and oxygen atoms in total. The number of amides is 1. The van der Waals surface area contributed by atoms with Crippen molar-refractivity contribution in [2.45, 2.75) is 44.8 Å². The minimum atomic E-state index is -0.706. The van der Waals surface area contributed by atoms with Crippen LogP contribution in [0, 0.1) is 0 Å². The highest BCUT2D eigenvalue weighted by molar-refractivity contribution is 5.77. The SMILES string of the molecule is CCC(CC(=O)N(C)C(C)C(O)c1ccccc1)c1cccc(N)c1. The maximum absolute atomic E-state index is 12.7. The van der Waals surface area contributed by atoms with E-state index in [9.17, 15) is 9.90 Å². The van der Waals surface area contributed by atoms with Crippen LogP contribution in [-0.2, 0) is 4.79 Å². The molecule has 0 aliphatic heterocycles. The summed E-state index contributed by atoms with van der Waals surface area (Å²) < 4.78 is 0. The van der Waals surface area contributed by atoms with Crippen LogP contribution in [0.25, 0.3) is 0 Å². The molecule has 25 heavy (non-hydrogen) atoms. The Morgan fingerprint density at radius 2 is 1.76 bits per heavy atom. The molecule has 3 atom stereocenters. The average molecular weight is 340 g/mol. The van der Waals surface area contributed by atoms with Gasteiger partial charge in [-0.15, -0.1) is 0 Å². The monoisotopic (exact) mass is 340 g/mol. The summed E-state index contributed by atoms with van der Waals surface area (Å²) in [6, 6.07) is 16.9. The highest BCUT2D eigenvalue weighted by Crippen LogP contribution is 2.27. The first-order valence-electron chi connectivity index (χ1n) is 8.78. The normalized spacial score (nSPS) is 14.6. The highest BCUT2D eigenvalue weighted by atomic mass is 16.3. The maximum Gasteiger partial charge on any atom is 0.223 e. The molecule has 0 bridgehead atoms. The fourth-order valence-corrected chi connectivity index (χ4v) is 3.03. The van der Waals surface area contributed by atoms with Crippen molar-refractivity contribution in [2.24, 2.45) is 0 Å². The van der Waals surface area contributed by atoms with Crippen LogP contribution in [0.2, 0.25) is 0 Å². The van der Waals surface area contributed by atoms with Crippen molar-refractivity contribution in [3.63, 3.8) is 0 Å². The molecule has 4 heteroatoms. The number of nitrogens with two attached hydrogens (primary N) is 1. The lowest BCUT2D eigenvalue weighted by molar-refractivity contribution is -0.134. The Balaban J connectivity index is 2.05. The third-order valence-electron chi connectivity index (χ3n) is 4.90. The molecule has 0 fully saturated rings. The number of carbonyl (C=O) groups is 1. The minimum Gasteiger partial charge on any atom is -0.399 e. The molecule has 1 amide bonds. The summed E-state index contributed by atoms with van der Waals surface area (Å²) >= 11 is 0. The van der Waals surface area contributed by atoms with E-state index in [0.29, 0.717) is 12.1 Å². The van der Waals surface area contributed by atoms with Crippen LogP contribution in [0.15, 0.2) is 54.6 Å². The molecule has 2 rings (SSSR count). The zero-order valence-electron chi connectivity index (χ0n) is 15.2. The van der Waals surface area contributed by atoms with Crippen molar-refractivity contribution in [2.75, 3.05) is 12.8 Å². The Kier molecular flexibility index (Phi) is 6.59. The standard InChI is InChI=1S/C21H28N2O2/c1-4-16(18-11-8-12-19(22)13-18)14-20(24)23(3)15(2)21(25)17-9-6-5-7-10-17/h5-13,15-16,21,25H,4,14,22H2,1-3H3. The molecule has 134 valence electrons. The number of carbonyl (C=O) groups excluding carboxylic acids is 1. The number of nitrogens with zero attached hydrogens (tertiary/aromatic N) is 1. The van der Waals surface area contributed by atoms with Crippen molar-refractivity contribution in [1.29, 1.82) is 0 Å². The number of nitrogen functional groups attached to an aromatic ring is 1. The second-order valence-electron chi connectivity index (χ2n) is 6.58. The Morgan fingerprint density at radius 1 is 1.12 bits per heavy atom. The molecule has 3 unspecified atom stereocenters. The van der Waals surface area contributed by atoms with Gasteiger partial charge in [0.15, 0.2) is 0 Å². The number of hydrogen-bond acceptors (Lipinski definition) is 3. The third-order valence-corrected chi connectivity index (χ3v) is 4.90. The van der Waals surface area contributed by atoms with E-state index >= 15 is 0 Å². The second-order valence-corrected chi connectivity index (χ2v) is 6.58. The number of hydrogen-bond donors (Lipinski definition) is 2. The number of likely N-dealkylation sites (N-methyl/N-ethyl adjacent to an activating group) is 1. The van der Waals surface area contributed by atoms with E-state index in [1.165, 1.54) is 0 Å². The van der Waals surface area contributed by atoms with Crippen molar-refractivity contribution >= 4 is 11.6 Å². The molecular weight excluding hydrogens is 312 g/mol. The van der Waals surface area contributed by atoms with Crippen molar-refractivity contribution < 1.29 is 9.90 Å². The van der Waals surface area contributed by atoms with Crippen LogP contribution in [-0.4, -0.2) is 29.0 Å². The lowest BCUT2D eigenvalue weighted by Crippen LogP contribution is -2.39. The number of rotatable bonds is 7. The molecule has 0 saturated carbocycles. The number of aliphatic hydroxyl groups excluding tert-OH is 1. The van der Waals surface area contributed by atoms with Gasteiger partial charge in [0.05, 0.1) is 12.1 Å². The van der Waals surface area contributed by atoms with Crippen LogP contribution >= 0.6 is 0 Å². The Labute approximate surface area is 150 Å². The van der Waals surface area contributed by atoms with Gasteiger partial charge >= 0.3 is 0 Å². The van der Waals surface area contributed by atoms with Gasteiger partial charge in [0.1, 0.15) is 0 Å². The van der Waals surface area contributed by atoms with Gasteiger partial charge in [0, 0.05) is 19.2 Å². The Morgan fingerprint density at radius 3 is 2.36 bits per heavy atom. The Bertz CT molecular complexity index is 687. The van der Waals surface area contributed by atoms with Gasteiger partial charge in [-0.05, 0) is 42.5 Å². The largest absolute Gasteiger partial charge is 0.399 e. The molecule has 0 aliphatic carbocycles. The summed E-state index contributed by atoms with van der Waals surface area (Å²) in [5, 5.41) is 10.5. The predicted octanol–water partition coefficient (Wildman–Crippen LogP) is 3.73. The van der Waals surface area contributed by atoms with E-state index in [-0.39, 0.29) is 17.9 Å². The number of aliphatic hydroxyl groups is 1. The molecule has 0 saturated heterocycles. The number of anilines is 1. The van der Waals surface area contributed by atoms with Crippen LogP contribution in [0.1, 0.15) is 49.8 Å². The average Bonchev–Trinajstić information content (AvgIpc) is 2.64.